The number of anilines is 1. The zero-order chi connectivity index (χ0) is 23.7. The van der Waals surface area contributed by atoms with Crippen molar-refractivity contribution in [3.8, 4) is 23.4 Å². The van der Waals surface area contributed by atoms with Gasteiger partial charge in [0.05, 0.1) is 22.1 Å². The molecule has 1 saturated heterocycles. The van der Waals surface area contributed by atoms with Gasteiger partial charge in [0.25, 0.3) is 5.69 Å². The van der Waals surface area contributed by atoms with Crippen LogP contribution < -0.4 is 14.4 Å². The fourth-order valence-electron chi connectivity index (χ4n) is 4.35. The SMILES string of the molecule is CCOc1cc(C=Nc2sc3c(c2C#N)C2CCN3CC2)ccc1Oc1ccc([N+](=O)[O-])cn1. The third-order valence-electron chi connectivity index (χ3n) is 5.95. The molecule has 3 aromatic rings. The second-order valence-electron chi connectivity index (χ2n) is 7.99. The van der Waals surface area contributed by atoms with E-state index in [0.29, 0.717) is 29.6 Å². The van der Waals surface area contributed by atoms with Gasteiger partial charge in [-0.15, -0.1) is 0 Å². The van der Waals surface area contributed by atoms with Crippen molar-refractivity contribution >= 4 is 33.2 Å². The molecule has 0 spiro atoms. The number of fused-ring (bicyclic) bond motifs is 2. The number of hydrogen-bond donors (Lipinski definition) is 0. The smallest absolute Gasteiger partial charge is 0.287 e. The van der Waals surface area contributed by atoms with E-state index in [0.717, 1.165) is 42.7 Å². The standard InChI is InChI=1S/C24H21N5O4S/c1-2-32-20-11-15(3-5-19(20)33-21-6-4-17(14-26-21)29(30)31)13-27-23-18(12-25)22-16-7-9-28(10-8-16)24(22)34-23/h3-6,11,13-14,16H,2,7-10H2,1H3. The molecule has 9 nitrogen and oxygen atoms in total. The van der Waals surface area contributed by atoms with Crippen LogP contribution in [0.25, 0.3) is 0 Å². The van der Waals surface area contributed by atoms with Gasteiger partial charge >= 0.3 is 0 Å². The molecule has 3 aliphatic heterocycles. The molecule has 1 aromatic carbocycles. The number of benzene rings is 1. The first-order chi connectivity index (χ1) is 16.6. The highest BCUT2D eigenvalue weighted by Gasteiger charge is 2.36. The van der Waals surface area contributed by atoms with Gasteiger partial charge < -0.3 is 14.4 Å². The Morgan fingerprint density at radius 2 is 2.15 bits per heavy atom. The molecule has 0 N–H and O–H groups in total. The summed E-state index contributed by atoms with van der Waals surface area (Å²) >= 11 is 1.58. The zero-order valence-corrected chi connectivity index (χ0v) is 19.2. The van der Waals surface area contributed by atoms with Crippen molar-refractivity contribution in [1.29, 1.82) is 5.26 Å². The number of nitrogens with zero attached hydrogens (tertiary/aromatic N) is 5. The summed E-state index contributed by atoms with van der Waals surface area (Å²) in [5.41, 5.74) is 2.55. The number of nitriles is 1. The van der Waals surface area contributed by atoms with E-state index < -0.39 is 4.92 Å². The summed E-state index contributed by atoms with van der Waals surface area (Å²) in [5, 5.41) is 22.6. The van der Waals surface area contributed by atoms with Gasteiger partial charge in [0, 0.05) is 37.0 Å². The van der Waals surface area contributed by atoms with E-state index in [1.807, 2.05) is 13.0 Å². The fraction of sp³-hybridized carbons (Fsp3) is 0.292. The van der Waals surface area contributed by atoms with Gasteiger partial charge in [-0.1, -0.05) is 11.3 Å². The number of piperidine rings is 1. The minimum Gasteiger partial charge on any atom is -0.490 e. The first-order valence-corrected chi connectivity index (χ1v) is 11.8. The van der Waals surface area contributed by atoms with Gasteiger partial charge in [-0.3, -0.25) is 10.1 Å². The quantitative estimate of drug-likeness (QED) is 0.250. The molecule has 6 rings (SSSR count). The van der Waals surface area contributed by atoms with Crippen LogP contribution in [0.15, 0.2) is 41.5 Å². The molecule has 0 saturated carbocycles. The molecule has 2 bridgehead atoms. The number of pyridine rings is 1. The van der Waals surface area contributed by atoms with Crippen LogP contribution in [0.4, 0.5) is 15.7 Å². The Labute approximate surface area is 200 Å². The number of aromatic nitrogens is 1. The van der Waals surface area contributed by atoms with Crippen molar-refractivity contribution in [3.05, 3.63) is 63.3 Å². The maximum absolute atomic E-state index is 10.8. The summed E-state index contributed by atoms with van der Waals surface area (Å²) in [7, 11) is 0. The molecule has 0 amide bonds. The molecule has 0 atom stereocenters. The summed E-state index contributed by atoms with van der Waals surface area (Å²) in [4.78, 5) is 21.3. The van der Waals surface area contributed by atoms with Gasteiger partial charge in [0.15, 0.2) is 11.5 Å². The highest BCUT2D eigenvalue weighted by atomic mass is 32.1. The minimum atomic E-state index is -0.513. The van der Waals surface area contributed by atoms with Crippen molar-refractivity contribution in [3.63, 3.8) is 0 Å². The second kappa shape index (κ2) is 9.11. The molecule has 0 radical (unpaired) electrons. The summed E-state index contributed by atoms with van der Waals surface area (Å²) in [6, 6.07) is 10.5. The van der Waals surface area contributed by atoms with Gasteiger partial charge in [0.2, 0.25) is 5.88 Å². The lowest BCUT2D eigenvalue weighted by Gasteiger charge is -2.39. The molecule has 172 valence electrons. The summed E-state index contributed by atoms with van der Waals surface area (Å²) in [6.07, 6.45) is 5.08. The number of hydrogen-bond acceptors (Lipinski definition) is 9. The Morgan fingerprint density at radius 3 is 2.82 bits per heavy atom. The van der Waals surface area contributed by atoms with Crippen LogP contribution in [0.5, 0.6) is 17.4 Å². The van der Waals surface area contributed by atoms with E-state index in [9.17, 15) is 15.4 Å². The van der Waals surface area contributed by atoms with Gasteiger partial charge in [-0.2, -0.15) is 5.26 Å². The molecular weight excluding hydrogens is 454 g/mol. The van der Waals surface area contributed by atoms with E-state index in [1.165, 1.54) is 22.7 Å². The van der Waals surface area contributed by atoms with Crippen LogP contribution in [-0.2, 0) is 0 Å². The lowest BCUT2D eigenvalue weighted by Crippen LogP contribution is -2.37. The van der Waals surface area contributed by atoms with E-state index in [4.69, 9.17) is 9.47 Å². The molecule has 0 aliphatic carbocycles. The molecule has 34 heavy (non-hydrogen) atoms. The summed E-state index contributed by atoms with van der Waals surface area (Å²) in [6.45, 7) is 4.40. The highest BCUT2D eigenvalue weighted by Crippen LogP contribution is 2.52. The molecule has 0 unspecified atom stereocenters. The van der Waals surface area contributed by atoms with Crippen molar-refractivity contribution in [2.24, 2.45) is 4.99 Å². The van der Waals surface area contributed by atoms with Crippen LogP contribution >= 0.6 is 11.3 Å². The lowest BCUT2D eigenvalue weighted by molar-refractivity contribution is -0.385. The third-order valence-corrected chi connectivity index (χ3v) is 7.13. The van der Waals surface area contributed by atoms with Gasteiger partial charge in [-0.05, 0) is 49.4 Å². The molecule has 5 heterocycles. The molecule has 2 aromatic heterocycles. The van der Waals surface area contributed by atoms with Crippen molar-refractivity contribution < 1.29 is 14.4 Å². The molecule has 1 fully saturated rings. The average Bonchev–Trinajstić information content (AvgIpc) is 3.26. The highest BCUT2D eigenvalue weighted by molar-refractivity contribution is 7.20. The van der Waals surface area contributed by atoms with Crippen molar-refractivity contribution in [1.82, 2.24) is 4.98 Å². The Bertz CT molecular complexity index is 1300. The Kier molecular flexibility index (Phi) is 5.86. The molecule has 3 aliphatic rings. The third kappa shape index (κ3) is 4.06. The maximum Gasteiger partial charge on any atom is 0.287 e. The number of rotatable bonds is 7. The number of nitro groups is 1. The van der Waals surface area contributed by atoms with Crippen LogP contribution in [0.2, 0.25) is 0 Å². The Hall–Kier alpha value is -3.97. The second-order valence-corrected chi connectivity index (χ2v) is 8.96. The van der Waals surface area contributed by atoms with Gasteiger partial charge in [0.1, 0.15) is 17.3 Å². The molecular formula is C24H21N5O4S. The van der Waals surface area contributed by atoms with Crippen molar-refractivity contribution in [2.45, 2.75) is 25.7 Å². The van der Waals surface area contributed by atoms with E-state index in [1.54, 1.807) is 29.7 Å². The predicted octanol–water partition coefficient (Wildman–Crippen LogP) is 5.56. The molecule has 10 heteroatoms. The van der Waals surface area contributed by atoms with Gasteiger partial charge in [-0.25, -0.2) is 9.98 Å². The summed E-state index contributed by atoms with van der Waals surface area (Å²) < 4.78 is 11.5. The topological polar surface area (TPSA) is 114 Å². The van der Waals surface area contributed by atoms with Crippen molar-refractivity contribution in [2.75, 3.05) is 24.6 Å². The number of thiophene rings is 1. The van der Waals surface area contributed by atoms with Crippen LogP contribution in [-0.4, -0.2) is 35.8 Å². The monoisotopic (exact) mass is 475 g/mol. The number of ether oxygens (including phenoxy) is 2. The van der Waals surface area contributed by atoms with Crippen LogP contribution in [0, 0.1) is 21.4 Å². The summed E-state index contributed by atoms with van der Waals surface area (Å²) in [5.74, 6) is 1.63. The first kappa shape index (κ1) is 21.9. The van der Waals surface area contributed by atoms with E-state index in [2.05, 4.69) is 20.9 Å². The van der Waals surface area contributed by atoms with Crippen LogP contribution in [0.1, 0.15) is 42.4 Å². The number of aliphatic imine (C=N–C) groups is 1. The van der Waals surface area contributed by atoms with E-state index in [-0.39, 0.29) is 11.6 Å². The van der Waals surface area contributed by atoms with E-state index >= 15 is 0 Å². The van der Waals surface area contributed by atoms with Crippen LogP contribution in [0.3, 0.4) is 0 Å². The Morgan fingerprint density at radius 1 is 1.32 bits per heavy atom. The largest absolute Gasteiger partial charge is 0.490 e. The average molecular weight is 476 g/mol. The first-order valence-electron chi connectivity index (χ1n) is 11.0. The minimum absolute atomic E-state index is 0.110. The fourth-order valence-corrected chi connectivity index (χ4v) is 5.58. The maximum atomic E-state index is 10.8. The lowest BCUT2D eigenvalue weighted by atomic mass is 9.84. The predicted molar refractivity (Wildman–Crippen MR) is 129 cm³/mol. The normalized spacial score (nSPS) is 14.8. The zero-order valence-electron chi connectivity index (χ0n) is 18.4. The Balaban J connectivity index is 1.40.